The Bertz CT molecular complexity index is 622. The lowest BCUT2D eigenvalue weighted by Gasteiger charge is -2.19. The fraction of sp³-hybridized carbons (Fsp3) is 0.300. The van der Waals surface area contributed by atoms with Crippen molar-refractivity contribution in [2.24, 2.45) is 0 Å². The van der Waals surface area contributed by atoms with E-state index in [9.17, 15) is 27.6 Å². The number of rotatable bonds is 5. The standard InChI is InChI=1S/C10H14NO7PS/c1-11(13)9(12)7-20(17,18)10(19(14,15)16)8-5-3-2-4-6-8/h2-6,10,13H,7H2,1H3,(H2,14,15,16). The van der Waals surface area contributed by atoms with Gasteiger partial charge in [-0.1, -0.05) is 30.3 Å². The number of benzene rings is 1. The SMILES string of the molecule is CN(O)C(=O)CS(=O)(=O)C(c1ccccc1)P(=O)(O)O. The highest BCUT2D eigenvalue weighted by atomic mass is 32.2. The normalized spacial score (nSPS) is 13.8. The predicted molar refractivity (Wildman–Crippen MR) is 69.6 cm³/mol. The highest BCUT2D eigenvalue weighted by Gasteiger charge is 2.43. The van der Waals surface area contributed by atoms with E-state index in [0.29, 0.717) is 0 Å². The Morgan fingerprint density at radius 2 is 1.80 bits per heavy atom. The number of nitrogens with zero attached hydrogens (tertiary/aromatic N) is 1. The number of carbonyl (C=O) groups excluding carboxylic acids is 1. The molecule has 10 heteroatoms. The van der Waals surface area contributed by atoms with Crippen LogP contribution in [0, 0.1) is 0 Å². The molecule has 1 amide bonds. The molecule has 20 heavy (non-hydrogen) atoms. The molecule has 1 unspecified atom stereocenters. The highest BCUT2D eigenvalue weighted by molar-refractivity contribution is 7.98. The molecule has 0 fully saturated rings. The van der Waals surface area contributed by atoms with Crippen LogP contribution in [0.15, 0.2) is 30.3 Å². The minimum absolute atomic E-state index is 0.0548. The average molecular weight is 323 g/mol. The molecule has 0 bridgehead atoms. The van der Waals surface area contributed by atoms with Crippen LogP contribution in [0.1, 0.15) is 10.6 Å². The fourth-order valence-corrected chi connectivity index (χ4v) is 5.29. The molecule has 112 valence electrons. The van der Waals surface area contributed by atoms with E-state index >= 15 is 0 Å². The maximum Gasteiger partial charge on any atom is 0.348 e. The van der Waals surface area contributed by atoms with Crippen LogP contribution in [-0.4, -0.2) is 47.2 Å². The second kappa shape index (κ2) is 6.02. The Kier molecular flexibility index (Phi) is 5.06. The van der Waals surface area contributed by atoms with Crippen molar-refractivity contribution in [2.75, 3.05) is 12.8 Å². The molecule has 0 saturated heterocycles. The van der Waals surface area contributed by atoms with Crippen molar-refractivity contribution in [1.82, 2.24) is 5.06 Å². The van der Waals surface area contributed by atoms with Gasteiger partial charge in [-0.05, 0) is 5.56 Å². The Morgan fingerprint density at radius 1 is 1.30 bits per heavy atom. The first-order valence-electron chi connectivity index (χ1n) is 5.33. The van der Waals surface area contributed by atoms with Crippen LogP contribution in [0.3, 0.4) is 0 Å². The van der Waals surface area contributed by atoms with Crippen molar-refractivity contribution >= 4 is 23.3 Å². The number of sulfone groups is 1. The van der Waals surface area contributed by atoms with Crippen LogP contribution in [-0.2, 0) is 19.2 Å². The average Bonchev–Trinajstić information content (AvgIpc) is 2.27. The number of hydrogen-bond donors (Lipinski definition) is 3. The lowest BCUT2D eigenvalue weighted by molar-refractivity contribution is -0.156. The summed E-state index contributed by atoms with van der Waals surface area (Å²) in [5.74, 6) is -2.38. The number of hydroxylamine groups is 2. The first-order chi connectivity index (χ1) is 9.05. The molecule has 0 aromatic heterocycles. The van der Waals surface area contributed by atoms with Crippen molar-refractivity contribution in [3.05, 3.63) is 35.9 Å². The van der Waals surface area contributed by atoms with Gasteiger partial charge in [0.15, 0.2) is 14.8 Å². The maximum absolute atomic E-state index is 12.0. The topological polar surface area (TPSA) is 132 Å². The summed E-state index contributed by atoms with van der Waals surface area (Å²) in [5, 5.41) is 8.92. The van der Waals surface area contributed by atoms with E-state index in [-0.39, 0.29) is 10.6 Å². The second-order valence-electron chi connectivity index (χ2n) is 4.08. The molecule has 0 aliphatic heterocycles. The van der Waals surface area contributed by atoms with Gasteiger partial charge in [-0.2, -0.15) is 0 Å². The summed E-state index contributed by atoms with van der Waals surface area (Å²) in [7, 11) is -8.61. The summed E-state index contributed by atoms with van der Waals surface area (Å²) in [4.78, 5) is 27.7. The van der Waals surface area contributed by atoms with Crippen LogP contribution in [0.4, 0.5) is 0 Å². The van der Waals surface area contributed by atoms with E-state index in [4.69, 9.17) is 5.21 Å². The van der Waals surface area contributed by atoms with Gasteiger partial charge in [0, 0.05) is 7.05 Å². The summed E-state index contributed by atoms with van der Waals surface area (Å²) in [6, 6.07) is 6.89. The van der Waals surface area contributed by atoms with Gasteiger partial charge in [0.05, 0.1) is 0 Å². The number of amides is 1. The molecule has 1 atom stereocenters. The summed E-state index contributed by atoms with van der Waals surface area (Å²) in [6.07, 6.45) is 0. The molecule has 0 spiro atoms. The summed E-state index contributed by atoms with van der Waals surface area (Å²) < 4.78 is 35.5. The Balaban J connectivity index is 3.26. The predicted octanol–water partition coefficient (Wildman–Crippen LogP) is 0.125. The summed E-state index contributed by atoms with van der Waals surface area (Å²) in [6.45, 7) is 0. The third-order valence-corrected chi connectivity index (χ3v) is 6.71. The van der Waals surface area contributed by atoms with Crippen molar-refractivity contribution in [3.63, 3.8) is 0 Å². The first kappa shape index (κ1) is 16.8. The Labute approximate surface area is 115 Å². The zero-order valence-electron chi connectivity index (χ0n) is 10.4. The van der Waals surface area contributed by atoms with E-state index in [1.54, 1.807) is 6.07 Å². The Morgan fingerprint density at radius 3 is 2.20 bits per heavy atom. The van der Waals surface area contributed by atoms with Gasteiger partial charge in [-0.15, -0.1) is 0 Å². The lowest BCUT2D eigenvalue weighted by Crippen LogP contribution is -2.32. The monoisotopic (exact) mass is 323 g/mol. The van der Waals surface area contributed by atoms with E-state index in [1.807, 2.05) is 0 Å². The van der Waals surface area contributed by atoms with Crippen LogP contribution < -0.4 is 0 Å². The molecule has 8 nitrogen and oxygen atoms in total. The highest BCUT2D eigenvalue weighted by Crippen LogP contribution is 2.55. The molecule has 0 saturated carbocycles. The van der Waals surface area contributed by atoms with Gasteiger partial charge < -0.3 is 9.79 Å². The molecule has 0 aliphatic rings. The molecular weight excluding hydrogens is 309 g/mol. The minimum atomic E-state index is -5.05. The molecule has 0 heterocycles. The molecule has 0 aliphatic carbocycles. The van der Waals surface area contributed by atoms with Gasteiger partial charge in [-0.25, -0.2) is 13.5 Å². The maximum atomic E-state index is 12.0. The van der Waals surface area contributed by atoms with Gasteiger partial charge in [0.25, 0.3) is 5.91 Å². The van der Waals surface area contributed by atoms with Crippen LogP contribution in [0.5, 0.6) is 0 Å². The van der Waals surface area contributed by atoms with E-state index in [1.165, 1.54) is 24.3 Å². The first-order valence-corrected chi connectivity index (χ1v) is 8.72. The zero-order chi connectivity index (χ0) is 15.6. The van der Waals surface area contributed by atoms with Crippen molar-refractivity contribution in [2.45, 2.75) is 4.99 Å². The molecule has 1 rings (SSSR count). The quantitative estimate of drug-likeness (QED) is 0.398. The molecule has 3 N–H and O–H groups in total. The zero-order valence-corrected chi connectivity index (χ0v) is 12.2. The molecule has 1 aromatic carbocycles. The van der Waals surface area contributed by atoms with Crippen LogP contribution in [0.2, 0.25) is 0 Å². The van der Waals surface area contributed by atoms with E-state index in [0.717, 1.165) is 7.05 Å². The number of carbonyl (C=O) groups is 1. The fourth-order valence-electron chi connectivity index (χ4n) is 1.57. The molecule has 0 radical (unpaired) electrons. The van der Waals surface area contributed by atoms with Crippen molar-refractivity contribution < 1.29 is 32.8 Å². The van der Waals surface area contributed by atoms with Crippen LogP contribution >= 0.6 is 7.60 Å². The lowest BCUT2D eigenvalue weighted by atomic mass is 10.2. The van der Waals surface area contributed by atoms with Crippen LogP contribution in [0.25, 0.3) is 0 Å². The Hall–Kier alpha value is -1.25. The van der Waals surface area contributed by atoms with Gasteiger partial charge in [0.2, 0.25) is 0 Å². The van der Waals surface area contributed by atoms with Crippen molar-refractivity contribution in [1.29, 1.82) is 0 Å². The van der Waals surface area contributed by atoms with Crippen molar-refractivity contribution in [3.8, 4) is 0 Å². The van der Waals surface area contributed by atoms with Gasteiger partial charge in [0.1, 0.15) is 5.75 Å². The van der Waals surface area contributed by atoms with Gasteiger partial charge in [-0.3, -0.25) is 14.6 Å². The second-order valence-corrected chi connectivity index (χ2v) is 8.21. The van der Waals surface area contributed by atoms with Gasteiger partial charge >= 0.3 is 7.60 Å². The minimum Gasteiger partial charge on any atom is -0.323 e. The number of hydrogen-bond acceptors (Lipinski definition) is 5. The van der Waals surface area contributed by atoms with E-state index in [2.05, 4.69) is 0 Å². The third-order valence-electron chi connectivity index (χ3n) is 2.42. The largest absolute Gasteiger partial charge is 0.348 e. The molecule has 1 aromatic rings. The summed E-state index contributed by atoms with van der Waals surface area (Å²) >= 11 is 0. The molecular formula is C10H14NO7PS. The third kappa shape index (κ3) is 4.12. The summed E-state index contributed by atoms with van der Waals surface area (Å²) in [5.41, 5.74) is -0.116. The smallest absolute Gasteiger partial charge is 0.323 e. The van der Waals surface area contributed by atoms with E-state index < -0.39 is 34.1 Å².